The highest BCUT2D eigenvalue weighted by Gasteiger charge is 2.18. The van der Waals surface area contributed by atoms with Gasteiger partial charge >= 0.3 is 0 Å². The van der Waals surface area contributed by atoms with Crippen molar-refractivity contribution in [1.29, 1.82) is 0 Å². The summed E-state index contributed by atoms with van der Waals surface area (Å²) in [5.41, 5.74) is 7.52. The van der Waals surface area contributed by atoms with Crippen molar-refractivity contribution in [3.63, 3.8) is 0 Å². The van der Waals surface area contributed by atoms with Crippen LogP contribution >= 0.6 is 0 Å². The topological polar surface area (TPSA) is 76.2 Å². The second kappa shape index (κ2) is 6.39. The van der Waals surface area contributed by atoms with Gasteiger partial charge in [-0.15, -0.1) is 0 Å². The van der Waals surface area contributed by atoms with Gasteiger partial charge in [0.15, 0.2) is 0 Å². The first-order valence-corrected chi connectivity index (χ1v) is 6.30. The normalized spacial score (nSPS) is 10.9. The number of hydrogen-bond donors (Lipinski definition) is 2. The molecular formula is C12H23N5O. The molecule has 0 saturated heterocycles. The highest BCUT2D eigenvalue weighted by Crippen LogP contribution is 2.15. The first-order chi connectivity index (χ1) is 8.51. The lowest BCUT2D eigenvalue weighted by atomic mass is 10.3. The number of carbonyl (C=O) groups excluding carboxylic acids is 1. The average molecular weight is 253 g/mol. The predicted molar refractivity (Wildman–Crippen MR) is 72.6 cm³/mol. The largest absolute Gasteiger partial charge is 0.395 e. The van der Waals surface area contributed by atoms with Gasteiger partial charge in [-0.2, -0.15) is 5.10 Å². The Labute approximate surface area is 108 Å². The average Bonchev–Trinajstić information content (AvgIpc) is 2.64. The summed E-state index contributed by atoms with van der Waals surface area (Å²) in [6.07, 6.45) is 0. The Hall–Kier alpha value is -1.56. The van der Waals surface area contributed by atoms with Gasteiger partial charge in [0.1, 0.15) is 5.69 Å². The maximum atomic E-state index is 12.1. The minimum atomic E-state index is -0.153. The molecule has 3 N–H and O–H groups in total. The maximum absolute atomic E-state index is 12.1. The van der Waals surface area contributed by atoms with E-state index in [1.54, 1.807) is 4.68 Å². The van der Waals surface area contributed by atoms with Crippen LogP contribution in [0.1, 0.15) is 30.0 Å². The molecule has 0 bridgehead atoms. The fourth-order valence-corrected chi connectivity index (χ4v) is 1.67. The van der Waals surface area contributed by atoms with E-state index in [4.69, 9.17) is 5.73 Å². The van der Waals surface area contributed by atoms with Crippen LogP contribution in [-0.2, 0) is 6.54 Å². The molecule has 1 rings (SSSR count). The van der Waals surface area contributed by atoms with E-state index in [1.165, 1.54) is 0 Å². The van der Waals surface area contributed by atoms with Crippen molar-refractivity contribution in [3.05, 3.63) is 11.4 Å². The number of hydrogen-bond acceptors (Lipinski definition) is 4. The van der Waals surface area contributed by atoms with Gasteiger partial charge in [-0.25, -0.2) is 0 Å². The Morgan fingerprint density at radius 1 is 1.50 bits per heavy atom. The third kappa shape index (κ3) is 3.22. The molecule has 0 aliphatic heterocycles. The van der Waals surface area contributed by atoms with Gasteiger partial charge < -0.3 is 16.0 Å². The lowest BCUT2D eigenvalue weighted by Gasteiger charge is -2.14. The number of nitrogen functional groups attached to an aromatic ring is 1. The number of carbonyl (C=O) groups is 1. The summed E-state index contributed by atoms with van der Waals surface area (Å²) >= 11 is 0. The molecule has 6 heteroatoms. The summed E-state index contributed by atoms with van der Waals surface area (Å²) in [4.78, 5) is 14.2. The summed E-state index contributed by atoms with van der Waals surface area (Å²) in [5, 5.41) is 7.10. The van der Waals surface area contributed by atoms with Gasteiger partial charge in [0.05, 0.1) is 11.4 Å². The standard InChI is InChI=1S/C12H23N5O/c1-5-16(4)8-7-14-12(18)11-10(13)9(3)15-17(11)6-2/h5-8,13H2,1-4H3,(H,14,18). The Morgan fingerprint density at radius 2 is 2.17 bits per heavy atom. The zero-order valence-electron chi connectivity index (χ0n) is 11.7. The molecule has 102 valence electrons. The molecule has 0 spiro atoms. The van der Waals surface area contributed by atoms with Crippen molar-refractivity contribution >= 4 is 11.6 Å². The Bertz CT molecular complexity index is 413. The monoisotopic (exact) mass is 253 g/mol. The van der Waals surface area contributed by atoms with Crippen LogP contribution in [-0.4, -0.2) is 47.3 Å². The summed E-state index contributed by atoms with van der Waals surface area (Å²) < 4.78 is 1.64. The molecule has 1 amide bonds. The van der Waals surface area contributed by atoms with Crippen molar-refractivity contribution in [2.45, 2.75) is 27.3 Å². The summed E-state index contributed by atoms with van der Waals surface area (Å²) in [7, 11) is 2.01. The summed E-state index contributed by atoms with van der Waals surface area (Å²) in [5.74, 6) is -0.153. The summed E-state index contributed by atoms with van der Waals surface area (Å²) in [6.45, 7) is 8.85. The van der Waals surface area contributed by atoms with Crippen LogP contribution in [0.4, 0.5) is 5.69 Å². The first kappa shape index (κ1) is 14.5. The molecule has 0 unspecified atom stereocenters. The zero-order valence-corrected chi connectivity index (χ0v) is 11.7. The molecule has 0 fully saturated rings. The van der Waals surface area contributed by atoms with E-state index in [1.807, 2.05) is 20.9 Å². The molecule has 0 aromatic carbocycles. The van der Waals surface area contributed by atoms with Crippen molar-refractivity contribution in [2.75, 3.05) is 32.4 Å². The molecule has 0 saturated carbocycles. The van der Waals surface area contributed by atoms with E-state index >= 15 is 0 Å². The first-order valence-electron chi connectivity index (χ1n) is 6.30. The van der Waals surface area contributed by atoms with Crippen LogP contribution in [0, 0.1) is 6.92 Å². The lowest BCUT2D eigenvalue weighted by molar-refractivity contribution is 0.0940. The van der Waals surface area contributed by atoms with Gasteiger partial charge in [0, 0.05) is 19.6 Å². The fourth-order valence-electron chi connectivity index (χ4n) is 1.67. The number of anilines is 1. The van der Waals surface area contributed by atoms with Crippen molar-refractivity contribution in [2.24, 2.45) is 0 Å². The zero-order chi connectivity index (χ0) is 13.7. The third-order valence-corrected chi connectivity index (χ3v) is 3.01. The minimum absolute atomic E-state index is 0.153. The number of aromatic nitrogens is 2. The number of rotatable bonds is 6. The van der Waals surface area contributed by atoms with Crippen LogP contribution in [0.5, 0.6) is 0 Å². The number of nitrogens with two attached hydrogens (primary N) is 1. The molecule has 18 heavy (non-hydrogen) atoms. The number of nitrogens with one attached hydrogen (secondary N) is 1. The molecule has 1 aromatic heterocycles. The van der Waals surface area contributed by atoms with Crippen LogP contribution in [0.25, 0.3) is 0 Å². The van der Waals surface area contributed by atoms with Crippen molar-refractivity contribution in [3.8, 4) is 0 Å². The van der Waals surface area contributed by atoms with Gasteiger partial charge in [0.25, 0.3) is 5.91 Å². The third-order valence-electron chi connectivity index (χ3n) is 3.01. The van der Waals surface area contributed by atoms with E-state index in [9.17, 15) is 4.79 Å². The second-order valence-corrected chi connectivity index (χ2v) is 4.32. The van der Waals surface area contributed by atoms with Crippen LogP contribution in [0.15, 0.2) is 0 Å². The molecule has 0 aliphatic rings. The highest BCUT2D eigenvalue weighted by molar-refractivity contribution is 5.97. The fraction of sp³-hybridized carbons (Fsp3) is 0.667. The van der Waals surface area contributed by atoms with Gasteiger partial charge in [-0.05, 0) is 27.4 Å². The van der Waals surface area contributed by atoms with E-state index in [-0.39, 0.29) is 5.91 Å². The van der Waals surface area contributed by atoms with Gasteiger partial charge in [-0.3, -0.25) is 9.48 Å². The number of aryl methyl sites for hydroxylation is 2. The van der Waals surface area contributed by atoms with E-state index < -0.39 is 0 Å². The quantitative estimate of drug-likeness (QED) is 0.773. The maximum Gasteiger partial charge on any atom is 0.271 e. The molecule has 6 nitrogen and oxygen atoms in total. The smallest absolute Gasteiger partial charge is 0.271 e. The molecule has 0 atom stereocenters. The molecular weight excluding hydrogens is 230 g/mol. The predicted octanol–water partition coefficient (Wildman–Crippen LogP) is 0.475. The number of nitrogens with zero attached hydrogens (tertiary/aromatic N) is 3. The minimum Gasteiger partial charge on any atom is -0.395 e. The second-order valence-electron chi connectivity index (χ2n) is 4.32. The Balaban J connectivity index is 2.67. The molecule has 1 aromatic rings. The van der Waals surface area contributed by atoms with Crippen LogP contribution < -0.4 is 11.1 Å². The lowest BCUT2D eigenvalue weighted by Crippen LogP contribution is -2.34. The van der Waals surface area contributed by atoms with Gasteiger partial charge in [0.2, 0.25) is 0 Å². The van der Waals surface area contributed by atoms with E-state index in [0.29, 0.717) is 30.2 Å². The number of likely N-dealkylation sites (N-methyl/N-ethyl adjacent to an activating group) is 1. The molecule has 1 heterocycles. The highest BCUT2D eigenvalue weighted by atomic mass is 16.2. The van der Waals surface area contributed by atoms with E-state index in [0.717, 1.165) is 13.1 Å². The SMILES string of the molecule is CCN(C)CCNC(=O)c1c(N)c(C)nn1CC. The van der Waals surface area contributed by atoms with Crippen molar-refractivity contribution in [1.82, 2.24) is 20.0 Å². The molecule has 0 aliphatic carbocycles. The summed E-state index contributed by atoms with van der Waals surface area (Å²) in [6, 6.07) is 0. The Morgan fingerprint density at radius 3 is 2.72 bits per heavy atom. The Kier molecular flexibility index (Phi) is 5.15. The number of amides is 1. The van der Waals surface area contributed by atoms with Crippen molar-refractivity contribution < 1.29 is 4.79 Å². The molecule has 0 radical (unpaired) electrons. The van der Waals surface area contributed by atoms with Crippen LogP contribution in [0.3, 0.4) is 0 Å². The van der Waals surface area contributed by atoms with E-state index in [2.05, 4.69) is 22.2 Å². The van der Waals surface area contributed by atoms with Crippen LogP contribution in [0.2, 0.25) is 0 Å². The van der Waals surface area contributed by atoms with Gasteiger partial charge in [-0.1, -0.05) is 6.92 Å².